The van der Waals surface area contributed by atoms with Gasteiger partial charge in [0.15, 0.2) is 0 Å². The first-order valence-electron chi connectivity index (χ1n) is 8.58. The third kappa shape index (κ3) is 4.45. The Bertz CT molecular complexity index is 541. The number of benzene rings is 1. The van der Waals surface area contributed by atoms with Crippen molar-refractivity contribution in [2.24, 2.45) is 0 Å². The monoisotopic (exact) mass is 318 g/mol. The fourth-order valence-electron chi connectivity index (χ4n) is 3.21. The molecule has 0 bridgehead atoms. The molecule has 3 rings (SSSR count). The van der Waals surface area contributed by atoms with Crippen molar-refractivity contribution < 1.29 is 14.3 Å². The summed E-state index contributed by atoms with van der Waals surface area (Å²) in [6, 6.07) is 6.42. The van der Waals surface area contributed by atoms with Crippen LogP contribution in [0.15, 0.2) is 18.2 Å². The van der Waals surface area contributed by atoms with Crippen molar-refractivity contribution >= 4 is 6.03 Å². The van der Waals surface area contributed by atoms with Crippen LogP contribution in [0, 0.1) is 0 Å². The van der Waals surface area contributed by atoms with Crippen LogP contribution < -0.4 is 10.6 Å². The van der Waals surface area contributed by atoms with Gasteiger partial charge in [-0.05, 0) is 49.3 Å². The van der Waals surface area contributed by atoms with Crippen molar-refractivity contribution in [1.29, 1.82) is 0 Å². The maximum Gasteiger partial charge on any atom is 0.315 e. The molecule has 1 heterocycles. The van der Waals surface area contributed by atoms with E-state index in [1.54, 1.807) is 0 Å². The van der Waals surface area contributed by atoms with Crippen LogP contribution in [0.25, 0.3) is 0 Å². The number of carbonyl (C=O) groups is 1. The summed E-state index contributed by atoms with van der Waals surface area (Å²) in [6.07, 6.45) is 4.84. The zero-order valence-corrected chi connectivity index (χ0v) is 13.8. The van der Waals surface area contributed by atoms with Crippen molar-refractivity contribution in [2.75, 3.05) is 26.4 Å². The van der Waals surface area contributed by atoms with Gasteiger partial charge in [0.2, 0.25) is 0 Å². The maximum atomic E-state index is 12.0. The second kappa shape index (κ2) is 7.79. The van der Waals surface area contributed by atoms with Crippen molar-refractivity contribution in [3.8, 4) is 0 Å². The lowest BCUT2D eigenvalue weighted by atomic mass is 9.89. The van der Waals surface area contributed by atoms with Crippen LogP contribution in [0.1, 0.15) is 42.5 Å². The SMILES string of the molecule is C[C@H](NC(=O)NC[C@@H]1COCCO1)c1ccc2c(c1)CCCC2. The highest BCUT2D eigenvalue weighted by molar-refractivity contribution is 5.74. The number of aryl methyl sites for hydroxylation is 2. The Morgan fingerprint density at radius 3 is 2.87 bits per heavy atom. The van der Waals surface area contributed by atoms with Gasteiger partial charge in [-0.2, -0.15) is 0 Å². The highest BCUT2D eigenvalue weighted by Crippen LogP contribution is 2.24. The number of ether oxygens (including phenoxy) is 2. The van der Waals surface area contributed by atoms with Crippen molar-refractivity contribution in [3.63, 3.8) is 0 Å². The molecule has 1 aliphatic heterocycles. The van der Waals surface area contributed by atoms with E-state index in [2.05, 4.69) is 28.8 Å². The van der Waals surface area contributed by atoms with E-state index in [0.29, 0.717) is 26.4 Å². The Balaban J connectivity index is 1.49. The number of rotatable bonds is 4. The molecule has 1 aromatic carbocycles. The molecule has 0 spiro atoms. The topological polar surface area (TPSA) is 59.6 Å². The average molecular weight is 318 g/mol. The molecule has 1 aliphatic carbocycles. The smallest absolute Gasteiger partial charge is 0.315 e. The number of fused-ring (bicyclic) bond motifs is 1. The molecular weight excluding hydrogens is 292 g/mol. The summed E-state index contributed by atoms with van der Waals surface area (Å²) in [7, 11) is 0. The Labute approximate surface area is 137 Å². The molecule has 1 saturated heterocycles. The Hall–Kier alpha value is -1.59. The van der Waals surface area contributed by atoms with E-state index in [0.717, 1.165) is 12.0 Å². The first kappa shape index (κ1) is 16.3. The molecule has 23 heavy (non-hydrogen) atoms. The van der Waals surface area contributed by atoms with Crippen molar-refractivity contribution in [3.05, 3.63) is 34.9 Å². The Morgan fingerprint density at radius 1 is 1.26 bits per heavy atom. The molecule has 0 unspecified atom stereocenters. The van der Waals surface area contributed by atoms with E-state index in [1.807, 2.05) is 6.92 Å². The highest BCUT2D eigenvalue weighted by atomic mass is 16.6. The van der Waals surface area contributed by atoms with Gasteiger partial charge in [0.05, 0.1) is 32.0 Å². The lowest BCUT2D eigenvalue weighted by Gasteiger charge is -2.24. The van der Waals surface area contributed by atoms with Crippen molar-refractivity contribution in [2.45, 2.75) is 44.8 Å². The fraction of sp³-hybridized carbons (Fsp3) is 0.611. The molecule has 5 nitrogen and oxygen atoms in total. The molecule has 5 heteroatoms. The van der Waals surface area contributed by atoms with Gasteiger partial charge in [-0.3, -0.25) is 0 Å². The first-order chi connectivity index (χ1) is 11.2. The summed E-state index contributed by atoms with van der Waals surface area (Å²) in [5.41, 5.74) is 4.07. The van der Waals surface area contributed by atoms with E-state index >= 15 is 0 Å². The second-order valence-electron chi connectivity index (χ2n) is 6.38. The summed E-state index contributed by atoms with van der Waals surface area (Å²) in [5, 5.41) is 5.86. The summed E-state index contributed by atoms with van der Waals surface area (Å²) < 4.78 is 10.8. The molecule has 126 valence electrons. The Kier molecular flexibility index (Phi) is 5.51. The number of hydrogen-bond donors (Lipinski definition) is 2. The number of urea groups is 1. The minimum Gasteiger partial charge on any atom is -0.376 e. The summed E-state index contributed by atoms with van der Waals surface area (Å²) in [6.45, 7) is 4.27. The fourth-order valence-corrected chi connectivity index (χ4v) is 3.21. The van der Waals surface area contributed by atoms with E-state index in [9.17, 15) is 4.79 Å². The molecule has 0 aromatic heterocycles. The largest absolute Gasteiger partial charge is 0.376 e. The molecule has 2 atom stereocenters. The van der Waals surface area contributed by atoms with Crippen LogP contribution in [0.2, 0.25) is 0 Å². The second-order valence-corrected chi connectivity index (χ2v) is 6.38. The maximum absolute atomic E-state index is 12.0. The number of carbonyl (C=O) groups excluding carboxylic acids is 1. The predicted octanol–water partition coefficient (Wildman–Crippen LogP) is 2.34. The number of nitrogens with one attached hydrogen (secondary N) is 2. The summed E-state index contributed by atoms with van der Waals surface area (Å²) >= 11 is 0. The lowest BCUT2D eigenvalue weighted by molar-refractivity contribution is -0.0853. The van der Waals surface area contributed by atoms with Gasteiger partial charge in [0.1, 0.15) is 0 Å². The zero-order chi connectivity index (χ0) is 16.1. The van der Waals surface area contributed by atoms with Gasteiger partial charge in [-0.1, -0.05) is 18.2 Å². The Morgan fingerprint density at radius 2 is 2.09 bits per heavy atom. The van der Waals surface area contributed by atoms with Crippen LogP contribution in [0.4, 0.5) is 4.79 Å². The number of hydrogen-bond acceptors (Lipinski definition) is 3. The lowest BCUT2D eigenvalue weighted by Crippen LogP contribution is -2.44. The van der Waals surface area contributed by atoms with Gasteiger partial charge in [-0.25, -0.2) is 4.79 Å². The van der Waals surface area contributed by atoms with Gasteiger partial charge in [0.25, 0.3) is 0 Å². The van der Waals surface area contributed by atoms with Crippen LogP contribution in [0.3, 0.4) is 0 Å². The minimum atomic E-state index is -0.163. The van der Waals surface area contributed by atoms with E-state index in [-0.39, 0.29) is 18.2 Å². The van der Waals surface area contributed by atoms with Crippen LogP contribution in [-0.4, -0.2) is 38.5 Å². The van der Waals surface area contributed by atoms with E-state index in [4.69, 9.17) is 9.47 Å². The molecule has 0 radical (unpaired) electrons. The van der Waals surface area contributed by atoms with Crippen LogP contribution in [0.5, 0.6) is 0 Å². The van der Waals surface area contributed by atoms with Gasteiger partial charge in [0, 0.05) is 6.54 Å². The highest BCUT2D eigenvalue weighted by Gasteiger charge is 2.17. The standard InChI is InChI=1S/C18H26N2O3/c1-13(15-7-6-14-4-2-3-5-16(14)10-15)20-18(21)19-11-17-12-22-8-9-23-17/h6-7,10,13,17H,2-5,8-9,11-12H2,1H3,(H2,19,20,21)/t13-,17+/m0/s1. The minimum absolute atomic E-state index is 0.00856. The summed E-state index contributed by atoms with van der Waals surface area (Å²) in [5.74, 6) is 0. The third-order valence-corrected chi connectivity index (χ3v) is 4.60. The molecule has 1 fully saturated rings. The summed E-state index contributed by atoms with van der Waals surface area (Å²) in [4.78, 5) is 12.0. The predicted molar refractivity (Wildman–Crippen MR) is 88.6 cm³/mol. The van der Waals surface area contributed by atoms with E-state index < -0.39 is 0 Å². The van der Waals surface area contributed by atoms with E-state index in [1.165, 1.54) is 30.4 Å². The molecule has 2 aliphatic rings. The quantitative estimate of drug-likeness (QED) is 0.896. The number of amides is 2. The molecule has 1 aromatic rings. The normalized spacial score (nSPS) is 22.0. The third-order valence-electron chi connectivity index (χ3n) is 4.60. The molecule has 2 N–H and O–H groups in total. The molecule has 2 amide bonds. The van der Waals surface area contributed by atoms with Gasteiger partial charge >= 0.3 is 6.03 Å². The zero-order valence-electron chi connectivity index (χ0n) is 13.8. The van der Waals surface area contributed by atoms with Gasteiger partial charge in [-0.15, -0.1) is 0 Å². The van der Waals surface area contributed by atoms with Gasteiger partial charge < -0.3 is 20.1 Å². The van der Waals surface area contributed by atoms with Crippen molar-refractivity contribution in [1.82, 2.24) is 10.6 Å². The van der Waals surface area contributed by atoms with Crippen LogP contribution in [-0.2, 0) is 22.3 Å². The molecular formula is C18H26N2O3. The first-order valence-corrected chi connectivity index (χ1v) is 8.58. The molecule has 0 saturated carbocycles. The average Bonchev–Trinajstić information content (AvgIpc) is 2.60. The van der Waals surface area contributed by atoms with Crippen LogP contribution >= 0.6 is 0 Å².